The van der Waals surface area contributed by atoms with Gasteiger partial charge >= 0.3 is 0 Å². The molecule has 0 atom stereocenters. The van der Waals surface area contributed by atoms with Gasteiger partial charge in [0, 0.05) is 11.9 Å². The van der Waals surface area contributed by atoms with E-state index in [0.29, 0.717) is 10.6 Å². The van der Waals surface area contributed by atoms with Crippen molar-refractivity contribution in [2.45, 2.75) is 24.9 Å². The van der Waals surface area contributed by atoms with E-state index in [1.165, 1.54) is 0 Å². The monoisotopic (exact) mass is 279 g/mol. The molecule has 1 saturated carbocycles. The molecule has 1 aliphatic rings. The second kappa shape index (κ2) is 4.54. The predicted molar refractivity (Wildman–Crippen MR) is 72.4 cm³/mol. The maximum Gasteiger partial charge on any atom is 0.287 e. The van der Waals surface area contributed by atoms with Gasteiger partial charge in [0.1, 0.15) is 0 Å². The van der Waals surface area contributed by atoms with Crippen LogP contribution in [0.3, 0.4) is 0 Å². The summed E-state index contributed by atoms with van der Waals surface area (Å²) in [7, 11) is 0. The molecule has 2 aromatic rings. The number of halogens is 1. The van der Waals surface area contributed by atoms with Crippen LogP contribution in [0.4, 0.5) is 0 Å². The van der Waals surface area contributed by atoms with Crippen molar-refractivity contribution >= 4 is 28.5 Å². The highest BCUT2D eigenvalue weighted by molar-refractivity contribution is 6.34. The zero-order valence-corrected chi connectivity index (χ0v) is 11.0. The topological polar surface area (TPSA) is 62.5 Å². The lowest BCUT2D eigenvalue weighted by Crippen LogP contribution is -2.47. The van der Waals surface area contributed by atoms with Gasteiger partial charge in [-0.2, -0.15) is 0 Å². The summed E-state index contributed by atoms with van der Waals surface area (Å²) in [5.74, 6) is -0.112. The largest absolute Gasteiger partial charge is 0.449 e. The Balaban J connectivity index is 1.76. The standard InChI is InChI=1S/C14H14ClNO3/c15-10-4-1-3-9-7-11(19-12(9)10)13(17)16-8-14(18)5-2-6-14/h1,3-4,7,18H,2,5-6,8H2,(H,16,17). The van der Waals surface area contributed by atoms with Gasteiger partial charge in [-0.3, -0.25) is 4.79 Å². The van der Waals surface area contributed by atoms with E-state index in [1.54, 1.807) is 18.2 Å². The van der Waals surface area contributed by atoms with Crippen molar-refractivity contribution in [3.63, 3.8) is 0 Å². The smallest absolute Gasteiger partial charge is 0.287 e. The number of benzene rings is 1. The van der Waals surface area contributed by atoms with Gasteiger partial charge in [-0.1, -0.05) is 23.7 Å². The van der Waals surface area contributed by atoms with Crippen molar-refractivity contribution in [2.24, 2.45) is 0 Å². The highest BCUT2D eigenvalue weighted by atomic mass is 35.5. The zero-order chi connectivity index (χ0) is 13.5. The Morgan fingerprint density at radius 3 is 2.89 bits per heavy atom. The summed E-state index contributed by atoms with van der Waals surface area (Å²) in [6.07, 6.45) is 2.48. The Kier molecular flexibility index (Phi) is 2.99. The van der Waals surface area contributed by atoms with E-state index in [1.807, 2.05) is 6.07 Å². The average Bonchev–Trinajstić information content (AvgIpc) is 2.79. The molecule has 0 bridgehead atoms. The van der Waals surface area contributed by atoms with Crippen molar-refractivity contribution in [2.75, 3.05) is 6.54 Å². The maximum atomic E-state index is 12.0. The summed E-state index contributed by atoms with van der Waals surface area (Å²) < 4.78 is 5.45. The molecule has 1 aromatic carbocycles. The van der Waals surface area contributed by atoms with E-state index in [9.17, 15) is 9.90 Å². The minimum absolute atomic E-state index is 0.214. The van der Waals surface area contributed by atoms with E-state index in [4.69, 9.17) is 16.0 Å². The molecule has 1 fully saturated rings. The van der Waals surface area contributed by atoms with Gasteiger partial charge in [0.25, 0.3) is 5.91 Å². The Labute approximate surface area is 115 Å². The van der Waals surface area contributed by atoms with E-state index in [2.05, 4.69) is 5.32 Å². The zero-order valence-electron chi connectivity index (χ0n) is 10.3. The lowest BCUT2D eigenvalue weighted by atomic mass is 9.80. The number of fused-ring (bicyclic) bond motifs is 1. The van der Waals surface area contributed by atoms with Crippen LogP contribution >= 0.6 is 11.6 Å². The number of hydrogen-bond acceptors (Lipinski definition) is 3. The van der Waals surface area contributed by atoms with Crippen molar-refractivity contribution in [3.05, 3.63) is 35.0 Å². The number of furan rings is 1. The summed E-state index contributed by atoms with van der Waals surface area (Å²) in [5, 5.41) is 13.9. The minimum atomic E-state index is -0.737. The van der Waals surface area contributed by atoms with Crippen LogP contribution in [0.2, 0.25) is 5.02 Å². The van der Waals surface area contributed by atoms with Crippen LogP contribution in [0, 0.1) is 0 Å². The highest BCUT2D eigenvalue weighted by Crippen LogP contribution is 2.31. The number of nitrogens with one attached hydrogen (secondary N) is 1. The fraction of sp³-hybridized carbons (Fsp3) is 0.357. The second-order valence-electron chi connectivity index (χ2n) is 5.03. The van der Waals surface area contributed by atoms with Gasteiger partial charge in [-0.05, 0) is 31.4 Å². The lowest BCUT2D eigenvalue weighted by Gasteiger charge is -2.36. The molecule has 4 nitrogen and oxygen atoms in total. The van der Waals surface area contributed by atoms with E-state index in [0.717, 1.165) is 24.6 Å². The van der Waals surface area contributed by atoms with Gasteiger partial charge in [0.05, 0.1) is 10.6 Å². The lowest BCUT2D eigenvalue weighted by molar-refractivity contribution is -0.0301. The Bertz CT molecular complexity index is 631. The molecule has 3 rings (SSSR count). The van der Waals surface area contributed by atoms with E-state index in [-0.39, 0.29) is 18.2 Å². The van der Waals surface area contributed by atoms with Gasteiger partial charge in [-0.15, -0.1) is 0 Å². The van der Waals surface area contributed by atoms with Gasteiger partial charge in [0.15, 0.2) is 11.3 Å². The first-order valence-corrected chi connectivity index (χ1v) is 6.64. The van der Waals surface area contributed by atoms with Crippen molar-refractivity contribution in [3.8, 4) is 0 Å². The molecule has 0 saturated heterocycles. The quantitative estimate of drug-likeness (QED) is 0.908. The summed E-state index contributed by atoms with van der Waals surface area (Å²) >= 11 is 5.99. The predicted octanol–water partition coefficient (Wildman–Crippen LogP) is 2.73. The van der Waals surface area contributed by atoms with Crippen LogP contribution in [-0.2, 0) is 0 Å². The Morgan fingerprint density at radius 1 is 1.47 bits per heavy atom. The number of carbonyl (C=O) groups excluding carboxylic acids is 1. The van der Waals surface area contributed by atoms with Gasteiger partial charge in [0.2, 0.25) is 0 Å². The third-order valence-electron chi connectivity index (χ3n) is 3.58. The fourth-order valence-corrected chi connectivity index (χ4v) is 2.45. The van der Waals surface area contributed by atoms with Crippen LogP contribution < -0.4 is 5.32 Å². The first-order chi connectivity index (χ1) is 9.07. The molecule has 0 unspecified atom stereocenters. The number of amides is 1. The molecule has 0 radical (unpaired) electrons. The summed E-state index contributed by atoms with van der Waals surface area (Å²) in [6, 6.07) is 7.01. The first kappa shape index (κ1) is 12.5. The molecule has 2 N–H and O–H groups in total. The Morgan fingerprint density at radius 2 is 2.26 bits per heavy atom. The molecule has 19 heavy (non-hydrogen) atoms. The van der Waals surface area contributed by atoms with Crippen LogP contribution in [0.25, 0.3) is 11.0 Å². The molecule has 0 spiro atoms. The van der Waals surface area contributed by atoms with Crippen LogP contribution in [0.1, 0.15) is 29.8 Å². The third-order valence-corrected chi connectivity index (χ3v) is 3.88. The van der Waals surface area contributed by atoms with E-state index < -0.39 is 5.60 Å². The molecule has 1 aliphatic carbocycles. The van der Waals surface area contributed by atoms with E-state index >= 15 is 0 Å². The molecule has 100 valence electrons. The third kappa shape index (κ3) is 2.33. The molecule has 1 amide bonds. The fourth-order valence-electron chi connectivity index (χ4n) is 2.23. The van der Waals surface area contributed by atoms with Gasteiger partial charge in [-0.25, -0.2) is 0 Å². The van der Waals surface area contributed by atoms with Crippen molar-refractivity contribution < 1.29 is 14.3 Å². The molecule has 1 heterocycles. The molecular weight excluding hydrogens is 266 g/mol. The number of para-hydroxylation sites is 1. The SMILES string of the molecule is O=C(NCC1(O)CCC1)c1cc2cccc(Cl)c2o1. The van der Waals surface area contributed by atoms with Crippen LogP contribution in [0.15, 0.2) is 28.7 Å². The first-order valence-electron chi connectivity index (χ1n) is 6.26. The minimum Gasteiger partial charge on any atom is -0.449 e. The highest BCUT2D eigenvalue weighted by Gasteiger charge is 2.34. The maximum absolute atomic E-state index is 12.0. The average molecular weight is 280 g/mol. The van der Waals surface area contributed by atoms with Crippen LogP contribution in [-0.4, -0.2) is 23.2 Å². The second-order valence-corrected chi connectivity index (χ2v) is 5.44. The van der Waals surface area contributed by atoms with Crippen molar-refractivity contribution in [1.82, 2.24) is 5.32 Å². The molecule has 1 aromatic heterocycles. The van der Waals surface area contributed by atoms with Crippen LogP contribution in [0.5, 0.6) is 0 Å². The number of hydrogen-bond donors (Lipinski definition) is 2. The molecule has 5 heteroatoms. The normalized spacial score (nSPS) is 17.2. The number of aliphatic hydroxyl groups is 1. The van der Waals surface area contributed by atoms with Gasteiger partial charge < -0.3 is 14.8 Å². The summed E-state index contributed by atoms with van der Waals surface area (Å²) in [6.45, 7) is 0.261. The van der Waals surface area contributed by atoms with Crippen molar-refractivity contribution in [1.29, 1.82) is 0 Å². The molecular formula is C14H14ClNO3. The summed E-state index contributed by atoms with van der Waals surface area (Å²) in [4.78, 5) is 12.0. The molecule has 0 aliphatic heterocycles. The number of carbonyl (C=O) groups is 1. The summed E-state index contributed by atoms with van der Waals surface area (Å²) in [5.41, 5.74) is -0.226. The Hall–Kier alpha value is -1.52. The number of rotatable bonds is 3.